The lowest BCUT2D eigenvalue weighted by Crippen LogP contribution is -1.74. The molecule has 1 aromatic heterocycles. The van der Waals surface area contributed by atoms with Crippen LogP contribution >= 0.6 is 0 Å². The van der Waals surface area contributed by atoms with Gasteiger partial charge in [-0.1, -0.05) is 0 Å². The number of H-pyrrole nitrogens is 1. The Morgan fingerprint density at radius 3 is 3.00 bits per heavy atom. The average molecular weight is 151 g/mol. The summed E-state index contributed by atoms with van der Waals surface area (Å²) in [6.45, 7) is 0. The standard InChI is InChI=1S/C8H6FNO/c9-11-7-1-2-8-6(5-7)3-4-10-8/h1-5,10H. The maximum atomic E-state index is 11.6. The summed E-state index contributed by atoms with van der Waals surface area (Å²) in [6, 6.07) is 6.83. The zero-order valence-electron chi connectivity index (χ0n) is 5.67. The molecule has 3 heteroatoms. The Morgan fingerprint density at radius 2 is 2.18 bits per heavy atom. The molecule has 0 fully saturated rings. The molecule has 0 aliphatic rings. The fourth-order valence-electron chi connectivity index (χ4n) is 1.08. The van der Waals surface area contributed by atoms with Crippen LogP contribution in [-0.2, 0) is 0 Å². The van der Waals surface area contributed by atoms with Crippen LogP contribution < -0.4 is 4.94 Å². The van der Waals surface area contributed by atoms with Crippen molar-refractivity contribution in [2.24, 2.45) is 0 Å². The van der Waals surface area contributed by atoms with Crippen LogP contribution in [0.25, 0.3) is 10.9 Å². The molecule has 0 saturated heterocycles. The van der Waals surface area contributed by atoms with Crippen molar-refractivity contribution in [3.8, 4) is 5.75 Å². The van der Waals surface area contributed by atoms with Gasteiger partial charge in [0.1, 0.15) is 0 Å². The van der Waals surface area contributed by atoms with E-state index in [4.69, 9.17) is 0 Å². The second-order valence-electron chi connectivity index (χ2n) is 2.30. The molecule has 56 valence electrons. The number of rotatable bonds is 1. The fourth-order valence-corrected chi connectivity index (χ4v) is 1.08. The summed E-state index contributed by atoms with van der Waals surface area (Å²) in [5.74, 6) is 0.233. The SMILES string of the molecule is FOc1ccc2[nH]ccc2c1. The van der Waals surface area contributed by atoms with Crippen molar-refractivity contribution in [2.75, 3.05) is 0 Å². The Hall–Kier alpha value is -1.51. The van der Waals surface area contributed by atoms with Crippen molar-refractivity contribution >= 4 is 10.9 Å². The van der Waals surface area contributed by atoms with Gasteiger partial charge < -0.3 is 4.98 Å². The van der Waals surface area contributed by atoms with Gasteiger partial charge in [-0.3, -0.25) is 4.94 Å². The molecule has 1 N–H and O–H groups in total. The maximum Gasteiger partial charge on any atom is 0.172 e. The summed E-state index contributed by atoms with van der Waals surface area (Å²) in [4.78, 5) is 6.57. The topological polar surface area (TPSA) is 25.0 Å². The van der Waals surface area contributed by atoms with Crippen LogP contribution in [0, 0.1) is 0 Å². The quantitative estimate of drug-likeness (QED) is 0.665. The highest BCUT2D eigenvalue weighted by Gasteiger charge is 1.96. The third-order valence-corrected chi connectivity index (χ3v) is 1.61. The third kappa shape index (κ3) is 0.941. The summed E-state index contributed by atoms with van der Waals surface area (Å²) in [6.07, 6.45) is 1.80. The molecule has 1 aromatic carbocycles. The first-order valence-electron chi connectivity index (χ1n) is 3.26. The van der Waals surface area contributed by atoms with Crippen molar-refractivity contribution in [3.05, 3.63) is 30.5 Å². The molecule has 0 atom stereocenters. The second-order valence-corrected chi connectivity index (χ2v) is 2.30. The Morgan fingerprint density at radius 1 is 1.27 bits per heavy atom. The van der Waals surface area contributed by atoms with Crippen molar-refractivity contribution in [1.82, 2.24) is 4.98 Å². The largest absolute Gasteiger partial charge is 0.361 e. The lowest BCUT2D eigenvalue weighted by atomic mass is 10.2. The van der Waals surface area contributed by atoms with Crippen LogP contribution in [0.5, 0.6) is 5.75 Å². The molecule has 0 spiro atoms. The van der Waals surface area contributed by atoms with Crippen molar-refractivity contribution < 1.29 is 9.47 Å². The van der Waals surface area contributed by atoms with E-state index in [2.05, 4.69) is 9.93 Å². The smallest absolute Gasteiger partial charge is 0.172 e. The van der Waals surface area contributed by atoms with Gasteiger partial charge >= 0.3 is 0 Å². The predicted octanol–water partition coefficient (Wildman–Crippen LogP) is 2.43. The first kappa shape index (κ1) is 6.22. The van der Waals surface area contributed by atoms with E-state index >= 15 is 0 Å². The minimum Gasteiger partial charge on any atom is -0.361 e. The number of nitrogens with one attached hydrogen (secondary N) is 1. The summed E-state index contributed by atoms with van der Waals surface area (Å²) >= 11 is 0. The second kappa shape index (κ2) is 2.27. The number of hydrogen-bond donors (Lipinski definition) is 1. The molecule has 11 heavy (non-hydrogen) atoms. The van der Waals surface area contributed by atoms with Gasteiger partial charge in [0.05, 0.1) is 0 Å². The molecule has 0 radical (unpaired) electrons. The minimum atomic E-state index is 0.233. The molecule has 1 heterocycles. The molecule has 2 rings (SSSR count). The van der Waals surface area contributed by atoms with E-state index in [1.165, 1.54) is 0 Å². The molecule has 0 aliphatic heterocycles. The molecular weight excluding hydrogens is 145 g/mol. The summed E-state index contributed by atoms with van der Waals surface area (Å²) in [7, 11) is 0. The van der Waals surface area contributed by atoms with E-state index in [-0.39, 0.29) is 5.75 Å². The van der Waals surface area contributed by atoms with Gasteiger partial charge in [-0.25, -0.2) is 0 Å². The summed E-state index contributed by atoms with van der Waals surface area (Å²) in [5, 5.41) is 0.945. The molecule has 0 bridgehead atoms. The van der Waals surface area contributed by atoms with Crippen LogP contribution in [0.3, 0.4) is 0 Å². The van der Waals surface area contributed by atoms with E-state index in [1.807, 2.05) is 6.07 Å². The molecule has 2 aromatic rings. The predicted molar refractivity (Wildman–Crippen MR) is 40.0 cm³/mol. The highest BCUT2D eigenvalue weighted by atomic mass is 19.3. The number of aromatic amines is 1. The van der Waals surface area contributed by atoms with Crippen molar-refractivity contribution in [3.63, 3.8) is 0 Å². The van der Waals surface area contributed by atoms with E-state index in [9.17, 15) is 4.53 Å². The maximum absolute atomic E-state index is 11.6. The van der Waals surface area contributed by atoms with E-state index in [0.29, 0.717) is 0 Å². The van der Waals surface area contributed by atoms with Gasteiger partial charge in [0.2, 0.25) is 0 Å². The average Bonchev–Trinajstić information content (AvgIpc) is 2.50. The lowest BCUT2D eigenvalue weighted by molar-refractivity contribution is -0.00603. The fraction of sp³-hybridized carbons (Fsp3) is 0. The molecule has 0 unspecified atom stereocenters. The van der Waals surface area contributed by atoms with Crippen LogP contribution in [0.4, 0.5) is 4.53 Å². The monoisotopic (exact) mass is 151 g/mol. The molecule has 0 aliphatic carbocycles. The van der Waals surface area contributed by atoms with Crippen LogP contribution in [0.1, 0.15) is 0 Å². The van der Waals surface area contributed by atoms with Crippen LogP contribution in [-0.4, -0.2) is 4.98 Å². The van der Waals surface area contributed by atoms with Crippen molar-refractivity contribution in [2.45, 2.75) is 0 Å². The van der Waals surface area contributed by atoms with Crippen LogP contribution in [0.2, 0.25) is 0 Å². The van der Waals surface area contributed by atoms with Crippen LogP contribution in [0.15, 0.2) is 30.5 Å². The minimum absolute atomic E-state index is 0.233. The zero-order valence-corrected chi connectivity index (χ0v) is 5.67. The molecule has 0 amide bonds. The third-order valence-electron chi connectivity index (χ3n) is 1.61. The number of benzene rings is 1. The Labute approximate surface area is 62.5 Å². The normalized spacial score (nSPS) is 10.3. The van der Waals surface area contributed by atoms with Crippen molar-refractivity contribution in [1.29, 1.82) is 0 Å². The Bertz CT molecular complexity index is 369. The molecule has 2 nitrogen and oxygen atoms in total. The molecule has 0 saturated carbocycles. The van der Waals surface area contributed by atoms with Gasteiger partial charge in [-0.05, 0) is 24.3 Å². The van der Waals surface area contributed by atoms with Gasteiger partial charge in [0.15, 0.2) is 5.75 Å². The Balaban J connectivity index is 2.67. The van der Waals surface area contributed by atoms with E-state index in [0.717, 1.165) is 10.9 Å². The number of hydrogen-bond acceptors (Lipinski definition) is 1. The zero-order chi connectivity index (χ0) is 7.68. The summed E-state index contributed by atoms with van der Waals surface area (Å²) in [5.41, 5.74) is 0.978. The summed E-state index contributed by atoms with van der Waals surface area (Å²) < 4.78 is 11.6. The number of fused-ring (bicyclic) bond motifs is 1. The Kier molecular flexibility index (Phi) is 1.28. The van der Waals surface area contributed by atoms with Gasteiger partial charge in [0, 0.05) is 21.6 Å². The number of halogens is 1. The van der Waals surface area contributed by atoms with E-state index < -0.39 is 0 Å². The first-order chi connectivity index (χ1) is 5.40. The highest BCUT2D eigenvalue weighted by Crippen LogP contribution is 2.19. The lowest BCUT2D eigenvalue weighted by Gasteiger charge is -1.92. The first-order valence-corrected chi connectivity index (χ1v) is 3.26. The van der Waals surface area contributed by atoms with E-state index in [1.54, 1.807) is 24.4 Å². The van der Waals surface area contributed by atoms with Gasteiger partial charge in [0.25, 0.3) is 0 Å². The van der Waals surface area contributed by atoms with Gasteiger partial charge in [-0.15, -0.1) is 0 Å². The highest BCUT2D eigenvalue weighted by molar-refractivity contribution is 5.80. The van der Waals surface area contributed by atoms with Gasteiger partial charge in [-0.2, -0.15) is 0 Å². The number of aromatic nitrogens is 1. The molecular formula is C8H6FNO.